The van der Waals surface area contributed by atoms with E-state index >= 15 is 0 Å². The minimum Gasteiger partial charge on any atom is -0.618 e. The van der Waals surface area contributed by atoms with Crippen LogP contribution in [0.5, 0.6) is 0 Å². The summed E-state index contributed by atoms with van der Waals surface area (Å²) < 4.78 is 0.785. The molecule has 2 aromatic rings. The summed E-state index contributed by atoms with van der Waals surface area (Å²) in [7, 11) is 0. The Labute approximate surface area is 102 Å². The summed E-state index contributed by atoms with van der Waals surface area (Å²) in [6.45, 7) is 0. The second kappa shape index (κ2) is 4.62. The number of aliphatic hydroxyl groups is 2. The highest BCUT2D eigenvalue weighted by atomic mass is 16.5. The van der Waals surface area contributed by atoms with Gasteiger partial charge in [-0.2, -0.15) is 9.46 Å². The topological polar surface area (TPSA) is 94.3 Å². The van der Waals surface area contributed by atoms with Crippen LogP contribution < -0.4 is 9.46 Å². The summed E-state index contributed by atoms with van der Waals surface area (Å²) in [5.41, 5.74) is -0.280. The fourth-order valence-electron chi connectivity index (χ4n) is 1.47. The van der Waals surface area contributed by atoms with Crippen molar-refractivity contribution < 1.29 is 19.7 Å². The zero-order valence-electron chi connectivity index (χ0n) is 9.22. The van der Waals surface area contributed by atoms with Gasteiger partial charge in [-0.15, -0.1) is 0 Å². The van der Waals surface area contributed by atoms with Crippen molar-refractivity contribution in [2.75, 3.05) is 0 Å². The predicted octanol–water partition coefficient (Wildman–Crippen LogP) is 0.895. The van der Waals surface area contributed by atoms with Crippen LogP contribution in [0.1, 0.15) is 11.4 Å². The Morgan fingerprint density at radius 3 is 1.50 bits per heavy atom. The van der Waals surface area contributed by atoms with Gasteiger partial charge < -0.3 is 20.6 Å². The third kappa shape index (κ3) is 2.03. The molecule has 0 bridgehead atoms. The van der Waals surface area contributed by atoms with Crippen LogP contribution in [0, 0.1) is 10.4 Å². The molecular formula is C12H10N2O4. The number of nitrogens with zero attached hydrogens (tertiary/aromatic N) is 2. The second-order valence-electron chi connectivity index (χ2n) is 3.52. The number of aromatic nitrogens is 2. The lowest BCUT2D eigenvalue weighted by Gasteiger charge is -2.06. The molecular weight excluding hydrogens is 236 g/mol. The average Bonchev–Trinajstić information content (AvgIpc) is 2.38. The Bertz CT molecular complexity index is 557. The van der Waals surface area contributed by atoms with Gasteiger partial charge in [0.1, 0.15) is 0 Å². The van der Waals surface area contributed by atoms with Crippen LogP contribution in [0.3, 0.4) is 0 Å². The third-order valence-corrected chi connectivity index (χ3v) is 2.36. The Morgan fingerprint density at radius 2 is 1.17 bits per heavy atom. The lowest BCUT2D eigenvalue weighted by Crippen LogP contribution is -2.33. The number of pyridine rings is 2. The molecule has 0 aromatic carbocycles. The molecule has 0 aliphatic heterocycles. The first-order chi connectivity index (χ1) is 8.61. The van der Waals surface area contributed by atoms with Crippen LogP contribution in [-0.2, 0) is 0 Å². The van der Waals surface area contributed by atoms with Crippen LogP contribution >= 0.6 is 0 Å². The van der Waals surface area contributed by atoms with Gasteiger partial charge in [0.2, 0.25) is 11.5 Å². The van der Waals surface area contributed by atoms with Crippen LogP contribution in [0.4, 0.5) is 0 Å². The molecule has 92 valence electrons. The maximum atomic E-state index is 11.4. The van der Waals surface area contributed by atoms with Crippen LogP contribution in [0.15, 0.2) is 48.8 Å². The van der Waals surface area contributed by atoms with Gasteiger partial charge in [-0.3, -0.25) is 0 Å². The summed E-state index contributed by atoms with van der Waals surface area (Å²) in [6, 6.07) is 8.69. The summed E-state index contributed by atoms with van der Waals surface area (Å²) in [5.74, 6) is -1.30. The molecule has 0 atom stereocenters. The fourth-order valence-corrected chi connectivity index (χ4v) is 1.47. The van der Waals surface area contributed by atoms with Gasteiger partial charge in [0.25, 0.3) is 11.4 Å². The van der Waals surface area contributed by atoms with Gasteiger partial charge in [0.15, 0.2) is 12.4 Å². The fraction of sp³-hybridized carbons (Fsp3) is 0. The molecule has 2 N–H and O–H groups in total. The molecule has 0 saturated carbocycles. The highest BCUT2D eigenvalue weighted by Crippen LogP contribution is 2.17. The normalized spacial score (nSPS) is 12.0. The molecule has 0 saturated heterocycles. The number of hydrogen-bond acceptors (Lipinski definition) is 4. The van der Waals surface area contributed by atoms with E-state index in [1.807, 2.05) is 0 Å². The number of hydrogen-bond donors (Lipinski definition) is 2. The zero-order valence-corrected chi connectivity index (χ0v) is 9.22. The molecule has 2 heterocycles. The molecule has 6 nitrogen and oxygen atoms in total. The van der Waals surface area contributed by atoms with Crippen molar-refractivity contribution in [3.8, 4) is 0 Å². The maximum Gasteiger partial charge on any atom is 0.262 e. The van der Waals surface area contributed by atoms with Gasteiger partial charge >= 0.3 is 0 Å². The third-order valence-electron chi connectivity index (χ3n) is 2.36. The summed E-state index contributed by atoms with van der Waals surface area (Å²) >= 11 is 0. The zero-order chi connectivity index (χ0) is 13.1. The van der Waals surface area contributed by atoms with Crippen molar-refractivity contribution in [3.05, 3.63) is 70.6 Å². The molecule has 0 amide bonds. The summed E-state index contributed by atoms with van der Waals surface area (Å²) in [6.07, 6.45) is 2.35. The molecule has 6 heteroatoms. The van der Waals surface area contributed by atoms with E-state index in [-0.39, 0.29) is 11.4 Å². The Balaban J connectivity index is 2.55. The van der Waals surface area contributed by atoms with E-state index < -0.39 is 11.5 Å². The minimum atomic E-state index is -0.651. The van der Waals surface area contributed by atoms with Gasteiger partial charge in [-0.05, 0) is 12.1 Å². The largest absolute Gasteiger partial charge is 0.618 e. The van der Waals surface area contributed by atoms with Crippen LogP contribution in [0.25, 0.3) is 11.5 Å². The maximum absolute atomic E-state index is 11.4. The van der Waals surface area contributed by atoms with Crippen LogP contribution in [0.2, 0.25) is 0 Å². The SMILES string of the molecule is [O-][n+]1ccccc1/C(O)=C(\O)c1cccc[n+]1[O-]. The monoisotopic (exact) mass is 246 g/mol. The van der Waals surface area contributed by atoms with Crippen molar-refractivity contribution in [2.45, 2.75) is 0 Å². The smallest absolute Gasteiger partial charge is 0.262 e. The van der Waals surface area contributed by atoms with E-state index in [0.717, 1.165) is 0 Å². The number of aliphatic hydroxyl groups excluding tert-OH is 2. The summed E-state index contributed by atoms with van der Waals surface area (Å²) in [4.78, 5) is 0. The minimum absolute atomic E-state index is 0.140. The van der Waals surface area contributed by atoms with E-state index in [0.29, 0.717) is 9.46 Å². The molecule has 2 rings (SSSR count). The average molecular weight is 246 g/mol. The van der Waals surface area contributed by atoms with Crippen molar-refractivity contribution >= 4 is 11.5 Å². The van der Waals surface area contributed by atoms with Gasteiger partial charge in [-0.25, -0.2) is 0 Å². The van der Waals surface area contributed by atoms with E-state index in [1.165, 1.54) is 48.8 Å². The molecule has 0 aliphatic rings. The first kappa shape index (κ1) is 11.7. The predicted molar refractivity (Wildman–Crippen MR) is 62.9 cm³/mol. The van der Waals surface area contributed by atoms with Crippen molar-refractivity contribution in [1.82, 2.24) is 0 Å². The molecule has 0 spiro atoms. The standard InChI is InChI=1S/C12H10N2O4/c15-11(9-5-1-3-7-13(9)17)12(16)10-6-2-4-8-14(10)18/h1-8,15-16H/b12-11+. The quantitative estimate of drug-likeness (QED) is 0.467. The van der Waals surface area contributed by atoms with E-state index in [2.05, 4.69) is 0 Å². The first-order valence-electron chi connectivity index (χ1n) is 5.10. The van der Waals surface area contributed by atoms with Crippen molar-refractivity contribution in [3.63, 3.8) is 0 Å². The first-order valence-corrected chi connectivity index (χ1v) is 5.10. The molecule has 0 radical (unpaired) electrons. The van der Waals surface area contributed by atoms with E-state index in [4.69, 9.17) is 0 Å². The highest BCUT2D eigenvalue weighted by Gasteiger charge is 2.21. The van der Waals surface area contributed by atoms with Crippen LogP contribution in [-0.4, -0.2) is 10.2 Å². The van der Waals surface area contributed by atoms with Crippen molar-refractivity contribution in [1.29, 1.82) is 0 Å². The highest BCUT2D eigenvalue weighted by molar-refractivity contribution is 5.77. The van der Waals surface area contributed by atoms with E-state index in [9.17, 15) is 20.6 Å². The Morgan fingerprint density at radius 1 is 0.778 bits per heavy atom. The van der Waals surface area contributed by atoms with Crippen molar-refractivity contribution in [2.24, 2.45) is 0 Å². The van der Waals surface area contributed by atoms with Gasteiger partial charge in [0.05, 0.1) is 0 Å². The van der Waals surface area contributed by atoms with Gasteiger partial charge in [-0.1, -0.05) is 0 Å². The van der Waals surface area contributed by atoms with E-state index in [1.54, 1.807) is 0 Å². The second-order valence-corrected chi connectivity index (χ2v) is 3.52. The summed E-state index contributed by atoms with van der Waals surface area (Å²) in [5, 5.41) is 42.4. The Hall–Kier alpha value is -2.76. The Kier molecular flexibility index (Phi) is 3.01. The lowest BCUT2D eigenvalue weighted by atomic mass is 10.2. The number of rotatable bonds is 2. The molecule has 2 aromatic heterocycles. The molecule has 0 fully saturated rings. The lowest BCUT2D eigenvalue weighted by molar-refractivity contribution is -0.610. The molecule has 0 aliphatic carbocycles. The molecule has 0 unspecified atom stereocenters. The van der Waals surface area contributed by atoms with Gasteiger partial charge in [0, 0.05) is 24.3 Å². The molecule has 18 heavy (non-hydrogen) atoms.